The van der Waals surface area contributed by atoms with Gasteiger partial charge in [0, 0.05) is 0 Å². The van der Waals surface area contributed by atoms with E-state index >= 15 is 0 Å². The number of aliphatic carboxylic acids is 1. The summed E-state index contributed by atoms with van der Waals surface area (Å²) in [6.07, 6.45) is -1.40. The summed E-state index contributed by atoms with van der Waals surface area (Å²) in [4.78, 5) is 23.4. The van der Waals surface area contributed by atoms with Gasteiger partial charge in [0.05, 0.1) is 17.4 Å². The van der Waals surface area contributed by atoms with Gasteiger partial charge in [-0.2, -0.15) is 13.2 Å². The van der Waals surface area contributed by atoms with Gasteiger partial charge in [0.2, 0.25) is 0 Å². The fourth-order valence-electron chi connectivity index (χ4n) is 2.54. The maximum absolute atomic E-state index is 13.1. The molecule has 7 nitrogen and oxygen atoms in total. The fraction of sp³-hybridized carbons (Fsp3) is 0.375. The number of carbonyl (C=O) groups is 2. The molecule has 1 aliphatic carbocycles. The predicted octanol–water partition coefficient (Wildman–Crippen LogP) is 2.27. The van der Waals surface area contributed by atoms with Gasteiger partial charge in [0.25, 0.3) is 5.91 Å². The van der Waals surface area contributed by atoms with Crippen molar-refractivity contribution in [1.29, 1.82) is 0 Å². The molecule has 1 aromatic carbocycles. The molecule has 1 fully saturated rings. The number of aromatic nitrogens is 3. The maximum atomic E-state index is 13.1. The van der Waals surface area contributed by atoms with E-state index in [0.717, 1.165) is 29.8 Å². The van der Waals surface area contributed by atoms with Gasteiger partial charge in [-0.05, 0) is 24.5 Å². The third-order valence-electron chi connectivity index (χ3n) is 4.05. The minimum Gasteiger partial charge on any atom is -0.480 e. The lowest BCUT2D eigenvalue weighted by atomic mass is 10.1. The molecule has 10 heteroatoms. The number of hydrogen-bond donors (Lipinski definition) is 2. The first-order chi connectivity index (χ1) is 12.3. The van der Waals surface area contributed by atoms with Crippen LogP contribution in [0.15, 0.2) is 30.5 Å². The number of benzene rings is 1. The summed E-state index contributed by atoms with van der Waals surface area (Å²) in [5.74, 6) is -1.69. The van der Waals surface area contributed by atoms with E-state index in [4.69, 9.17) is 0 Å². The molecule has 26 heavy (non-hydrogen) atoms. The van der Waals surface area contributed by atoms with E-state index in [1.165, 1.54) is 18.2 Å². The van der Waals surface area contributed by atoms with Gasteiger partial charge in [-0.15, -0.1) is 5.10 Å². The van der Waals surface area contributed by atoms with Crippen molar-refractivity contribution in [2.75, 3.05) is 0 Å². The van der Waals surface area contributed by atoms with Gasteiger partial charge in [-0.1, -0.05) is 30.2 Å². The average Bonchev–Trinajstić information content (AvgIpc) is 3.25. The van der Waals surface area contributed by atoms with Crippen molar-refractivity contribution >= 4 is 11.9 Å². The van der Waals surface area contributed by atoms with Crippen LogP contribution < -0.4 is 5.32 Å². The van der Waals surface area contributed by atoms with Crippen LogP contribution in [0.3, 0.4) is 0 Å². The van der Waals surface area contributed by atoms with Gasteiger partial charge in [0.1, 0.15) is 6.04 Å². The molecule has 1 unspecified atom stereocenters. The van der Waals surface area contributed by atoms with Crippen LogP contribution in [0.4, 0.5) is 13.2 Å². The molecule has 0 aliphatic heterocycles. The Morgan fingerprint density at radius 1 is 1.31 bits per heavy atom. The molecule has 3 rings (SSSR count). The monoisotopic (exact) mass is 368 g/mol. The van der Waals surface area contributed by atoms with Gasteiger partial charge < -0.3 is 10.4 Å². The highest BCUT2D eigenvalue weighted by molar-refractivity contribution is 5.94. The molecule has 1 aliphatic rings. The van der Waals surface area contributed by atoms with Crippen LogP contribution in [0.1, 0.15) is 35.3 Å². The first kappa shape index (κ1) is 17.9. The largest absolute Gasteiger partial charge is 0.480 e. The molecule has 1 aromatic heterocycles. The fourth-order valence-corrected chi connectivity index (χ4v) is 2.54. The molecule has 2 N–H and O–H groups in total. The van der Waals surface area contributed by atoms with Gasteiger partial charge in [-0.25, -0.2) is 9.48 Å². The third-order valence-corrected chi connectivity index (χ3v) is 4.05. The number of carboxylic acid groups (broad SMARTS) is 1. The zero-order valence-electron chi connectivity index (χ0n) is 13.4. The summed E-state index contributed by atoms with van der Waals surface area (Å²) in [6, 6.07) is 3.68. The minimum absolute atomic E-state index is 0.260. The second kappa shape index (κ2) is 6.77. The zero-order chi connectivity index (χ0) is 18.9. The summed E-state index contributed by atoms with van der Waals surface area (Å²) in [7, 11) is 0. The molecule has 0 saturated heterocycles. The van der Waals surface area contributed by atoms with E-state index < -0.39 is 29.7 Å². The Morgan fingerprint density at radius 2 is 2.00 bits per heavy atom. The van der Waals surface area contributed by atoms with Gasteiger partial charge >= 0.3 is 12.1 Å². The third kappa shape index (κ3) is 4.01. The summed E-state index contributed by atoms with van der Waals surface area (Å²) in [6.45, 7) is 0. The summed E-state index contributed by atoms with van der Waals surface area (Å²) < 4.78 is 40.1. The Bertz CT molecular complexity index is 830. The van der Waals surface area contributed by atoms with E-state index in [-0.39, 0.29) is 17.3 Å². The zero-order valence-corrected chi connectivity index (χ0v) is 13.4. The van der Waals surface area contributed by atoms with Crippen molar-refractivity contribution in [3.8, 4) is 5.69 Å². The number of hydrogen-bond acceptors (Lipinski definition) is 4. The summed E-state index contributed by atoms with van der Waals surface area (Å²) in [5.41, 5.74) is -1.46. The van der Waals surface area contributed by atoms with Crippen molar-refractivity contribution in [2.45, 2.75) is 31.5 Å². The SMILES string of the molecule is O=C(NC(CC1CC1)C(=O)O)c1cn(-c2ccccc2C(F)(F)F)nn1. The predicted molar refractivity (Wildman–Crippen MR) is 82.6 cm³/mol. The quantitative estimate of drug-likeness (QED) is 0.815. The number of amides is 1. The second-order valence-corrected chi connectivity index (χ2v) is 6.11. The van der Waals surface area contributed by atoms with Crippen LogP contribution in [0.5, 0.6) is 0 Å². The minimum atomic E-state index is -4.59. The van der Waals surface area contributed by atoms with Gasteiger partial charge in [-0.3, -0.25) is 4.79 Å². The normalized spacial score (nSPS) is 15.5. The summed E-state index contributed by atoms with van der Waals surface area (Å²) in [5, 5.41) is 18.6. The Balaban J connectivity index is 1.79. The van der Waals surface area contributed by atoms with E-state index in [0.29, 0.717) is 6.42 Å². The standard InChI is InChI=1S/C16H15F3N4O3/c17-16(18,19)10-3-1-2-4-13(10)23-8-12(21-22-23)14(24)20-11(15(25)26)7-9-5-6-9/h1-4,8-9,11H,5-7H2,(H,20,24)(H,25,26). The van der Waals surface area contributed by atoms with Crippen LogP contribution >= 0.6 is 0 Å². The van der Waals surface area contributed by atoms with Crippen LogP contribution in [0.25, 0.3) is 5.69 Å². The van der Waals surface area contributed by atoms with E-state index in [1.807, 2.05) is 0 Å². The first-order valence-corrected chi connectivity index (χ1v) is 7.88. The molecule has 0 radical (unpaired) electrons. The molecule has 1 amide bonds. The van der Waals surface area contributed by atoms with Crippen LogP contribution in [0.2, 0.25) is 0 Å². The van der Waals surface area contributed by atoms with Gasteiger partial charge in [0.15, 0.2) is 5.69 Å². The highest BCUT2D eigenvalue weighted by Crippen LogP contribution is 2.34. The van der Waals surface area contributed by atoms with E-state index in [1.54, 1.807) is 0 Å². The Hall–Kier alpha value is -2.91. The lowest BCUT2D eigenvalue weighted by Gasteiger charge is -2.13. The maximum Gasteiger partial charge on any atom is 0.418 e. The van der Waals surface area contributed by atoms with Crippen molar-refractivity contribution < 1.29 is 27.9 Å². The number of para-hydroxylation sites is 1. The number of halogens is 3. The number of nitrogens with zero attached hydrogens (tertiary/aromatic N) is 3. The number of carboxylic acids is 1. The van der Waals surface area contributed by atoms with Crippen LogP contribution in [-0.4, -0.2) is 38.0 Å². The molecule has 138 valence electrons. The number of rotatable bonds is 6. The first-order valence-electron chi connectivity index (χ1n) is 7.88. The molecule has 0 bridgehead atoms. The highest BCUT2D eigenvalue weighted by atomic mass is 19.4. The second-order valence-electron chi connectivity index (χ2n) is 6.11. The topological polar surface area (TPSA) is 97.1 Å². The van der Waals surface area contributed by atoms with Crippen molar-refractivity contribution in [2.24, 2.45) is 5.92 Å². The molecule has 2 aromatic rings. The van der Waals surface area contributed by atoms with Crippen LogP contribution in [0, 0.1) is 5.92 Å². The summed E-state index contributed by atoms with van der Waals surface area (Å²) >= 11 is 0. The molecule has 1 heterocycles. The molecular formula is C16H15F3N4O3. The number of alkyl halides is 3. The molecule has 0 spiro atoms. The van der Waals surface area contributed by atoms with Crippen molar-refractivity contribution in [1.82, 2.24) is 20.3 Å². The smallest absolute Gasteiger partial charge is 0.418 e. The highest BCUT2D eigenvalue weighted by Gasteiger charge is 2.34. The van der Waals surface area contributed by atoms with E-state index in [2.05, 4.69) is 15.6 Å². The Morgan fingerprint density at radius 3 is 2.62 bits per heavy atom. The van der Waals surface area contributed by atoms with Crippen molar-refractivity contribution in [3.05, 3.63) is 41.7 Å². The Labute approximate surface area is 145 Å². The van der Waals surface area contributed by atoms with Crippen LogP contribution in [-0.2, 0) is 11.0 Å². The lowest BCUT2D eigenvalue weighted by molar-refractivity contribution is -0.139. The number of carbonyl (C=O) groups excluding carboxylic acids is 1. The van der Waals surface area contributed by atoms with E-state index in [9.17, 15) is 27.9 Å². The molecule has 1 atom stereocenters. The molecular weight excluding hydrogens is 353 g/mol. The molecule has 1 saturated carbocycles. The van der Waals surface area contributed by atoms with Crippen molar-refractivity contribution in [3.63, 3.8) is 0 Å². The number of nitrogens with one attached hydrogen (secondary N) is 1. The lowest BCUT2D eigenvalue weighted by Crippen LogP contribution is -2.41. The Kier molecular flexibility index (Phi) is 4.66. The average molecular weight is 368 g/mol.